The van der Waals surface area contributed by atoms with Gasteiger partial charge in [0.2, 0.25) is 5.43 Å². The number of halogens is 2. The van der Waals surface area contributed by atoms with E-state index in [2.05, 4.69) is 5.32 Å². The lowest BCUT2D eigenvalue weighted by atomic mass is 10.1. The third kappa shape index (κ3) is 3.15. The van der Waals surface area contributed by atoms with Crippen LogP contribution in [0, 0.1) is 11.6 Å². The lowest BCUT2D eigenvalue weighted by Crippen LogP contribution is -2.49. The van der Waals surface area contributed by atoms with Crippen molar-refractivity contribution in [3.8, 4) is 5.75 Å². The molecule has 2 atom stereocenters. The molecular formula is C19H17F2N3O5. The predicted molar refractivity (Wildman–Crippen MR) is 95.3 cm³/mol. The fourth-order valence-electron chi connectivity index (χ4n) is 3.57. The Labute approximate surface area is 163 Å². The number of pyridine rings is 1. The third-order valence-corrected chi connectivity index (χ3v) is 5.06. The van der Waals surface area contributed by atoms with Gasteiger partial charge in [-0.05, 0) is 13.0 Å². The summed E-state index contributed by atoms with van der Waals surface area (Å²) in [5.41, 5.74) is -1.58. The smallest absolute Gasteiger partial charge is 0.276 e. The van der Waals surface area contributed by atoms with E-state index >= 15 is 0 Å². The summed E-state index contributed by atoms with van der Waals surface area (Å²) in [6, 6.07) is 2.70. The van der Waals surface area contributed by atoms with E-state index < -0.39 is 46.4 Å². The molecule has 0 saturated carbocycles. The minimum absolute atomic E-state index is 0.0289. The van der Waals surface area contributed by atoms with Crippen molar-refractivity contribution in [3.05, 3.63) is 63.1 Å². The molecule has 10 heteroatoms. The second-order valence-electron chi connectivity index (χ2n) is 6.99. The minimum atomic E-state index is -1.01. The number of aromatic hydroxyl groups is 1. The van der Waals surface area contributed by atoms with Crippen molar-refractivity contribution >= 4 is 11.8 Å². The van der Waals surface area contributed by atoms with Gasteiger partial charge >= 0.3 is 0 Å². The highest BCUT2D eigenvalue weighted by molar-refractivity contribution is 5.99. The Morgan fingerprint density at radius 2 is 2.10 bits per heavy atom. The number of carbonyl (C=O) groups is 2. The third-order valence-electron chi connectivity index (χ3n) is 5.06. The van der Waals surface area contributed by atoms with Crippen LogP contribution in [0.1, 0.15) is 33.3 Å². The van der Waals surface area contributed by atoms with E-state index in [9.17, 15) is 28.3 Å². The van der Waals surface area contributed by atoms with Crippen LogP contribution < -0.4 is 10.7 Å². The van der Waals surface area contributed by atoms with Crippen LogP contribution in [0.5, 0.6) is 5.75 Å². The Morgan fingerprint density at radius 1 is 1.34 bits per heavy atom. The average molecular weight is 405 g/mol. The zero-order chi connectivity index (χ0) is 20.9. The molecule has 2 N–H and O–H groups in total. The molecule has 29 heavy (non-hydrogen) atoms. The van der Waals surface area contributed by atoms with Crippen LogP contribution in [-0.2, 0) is 17.8 Å². The van der Waals surface area contributed by atoms with Crippen LogP contribution >= 0.6 is 0 Å². The molecule has 0 aliphatic carbocycles. The van der Waals surface area contributed by atoms with Gasteiger partial charge in [-0.3, -0.25) is 14.4 Å². The van der Waals surface area contributed by atoms with E-state index in [1.54, 1.807) is 6.92 Å². The standard InChI is InChI=1S/C19H17F2N3O5/c1-9-8-29-14-7-23-6-12(16(25)17(26)15(23)19(28)24(9)14)18(27)22-5-10-2-3-11(20)4-13(10)21/h2-4,6,9,14,26H,5,7-8H2,1H3,(H,22,27). The zero-order valence-electron chi connectivity index (χ0n) is 15.3. The number of nitrogens with zero attached hydrogens (tertiary/aromatic N) is 2. The monoisotopic (exact) mass is 405 g/mol. The number of hydrogen-bond donors (Lipinski definition) is 2. The first-order chi connectivity index (χ1) is 13.8. The number of nitrogens with one attached hydrogen (secondary N) is 1. The van der Waals surface area contributed by atoms with Gasteiger partial charge in [0.25, 0.3) is 11.8 Å². The summed E-state index contributed by atoms with van der Waals surface area (Å²) in [5, 5.41) is 12.7. The number of ether oxygens (including phenoxy) is 1. The van der Waals surface area contributed by atoms with Gasteiger partial charge in [0.05, 0.1) is 19.2 Å². The maximum Gasteiger partial charge on any atom is 0.276 e. The second-order valence-corrected chi connectivity index (χ2v) is 6.99. The van der Waals surface area contributed by atoms with Gasteiger partial charge in [0.15, 0.2) is 17.7 Å². The predicted octanol–water partition coefficient (Wildman–Crippen LogP) is 0.963. The number of rotatable bonds is 3. The molecule has 0 spiro atoms. The van der Waals surface area contributed by atoms with Crippen molar-refractivity contribution in [1.82, 2.24) is 14.8 Å². The summed E-state index contributed by atoms with van der Waals surface area (Å²) in [6.07, 6.45) is 0.617. The maximum atomic E-state index is 13.7. The molecule has 1 saturated heterocycles. The van der Waals surface area contributed by atoms with Crippen LogP contribution in [0.4, 0.5) is 8.78 Å². The largest absolute Gasteiger partial charge is 0.503 e. The molecule has 2 aromatic rings. The van der Waals surface area contributed by atoms with Gasteiger partial charge in [-0.25, -0.2) is 8.78 Å². The number of benzene rings is 1. The molecule has 0 bridgehead atoms. The first-order valence-corrected chi connectivity index (χ1v) is 8.90. The number of fused-ring (bicyclic) bond motifs is 2. The first-order valence-electron chi connectivity index (χ1n) is 8.90. The topological polar surface area (TPSA) is 101 Å². The molecule has 0 radical (unpaired) electrons. The van der Waals surface area contributed by atoms with Gasteiger partial charge in [0.1, 0.15) is 17.2 Å². The minimum Gasteiger partial charge on any atom is -0.503 e. The number of carbonyl (C=O) groups excluding carboxylic acids is 2. The Balaban J connectivity index is 1.62. The van der Waals surface area contributed by atoms with Gasteiger partial charge in [-0.15, -0.1) is 0 Å². The van der Waals surface area contributed by atoms with Gasteiger partial charge in [-0.2, -0.15) is 0 Å². The van der Waals surface area contributed by atoms with Gasteiger partial charge in [-0.1, -0.05) is 6.07 Å². The summed E-state index contributed by atoms with van der Waals surface area (Å²) < 4.78 is 33.6. The average Bonchev–Trinajstić information content (AvgIpc) is 3.04. The van der Waals surface area contributed by atoms with E-state index in [0.29, 0.717) is 12.7 Å². The molecule has 2 aliphatic rings. The molecule has 2 unspecified atom stereocenters. The summed E-state index contributed by atoms with van der Waals surface area (Å²) >= 11 is 0. The molecule has 1 aromatic heterocycles. The summed E-state index contributed by atoms with van der Waals surface area (Å²) in [5.74, 6) is -3.83. The highest BCUT2D eigenvalue weighted by Gasteiger charge is 2.42. The second kappa shape index (κ2) is 6.96. The van der Waals surface area contributed by atoms with E-state index in [1.165, 1.54) is 21.7 Å². The Kier molecular flexibility index (Phi) is 4.58. The lowest BCUT2D eigenvalue weighted by Gasteiger charge is -2.33. The van der Waals surface area contributed by atoms with E-state index in [-0.39, 0.29) is 30.4 Å². The van der Waals surface area contributed by atoms with Gasteiger partial charge in [0, 0.05) is 24.4 Å². The molecule has 3 heterocycles. The Morgan fingerprint density at radius 3 is 2.83 bits per heavy atom. The molecule has 2 aliphatic heterocycles. The van der Waals surface area contributed by atoms with E-state index in [0.717, 1.165) is 6.07 Å². The number of aromatic nitrogens is 1. The molecule has 152 valence electrons. The molecule has 8 nitrogen and oxygen atoms in total. The van der Waals surface area contributed by atoms with Crippen molar-refractivity contribution in [2.45, 2.75) is 32.3 Å². The van der Waals surface area contributed by atoms with Crippen LogP contribution in [0.3, 0.4) is 0 Å². The molecule has 1 fully saturated rings. The van der Waals surface area contributed by atoms with Crippen LogP contribution in [-0.4, -0.2) is 45.3 Å². The van der Waals surface area contributed by atoms with Crippen molar-refractivity contribution < 1.29 is 28.2 Å². The molecular weight excluding hydrogens is 388 g/mol. The summed E-state index contributed by atoms with van der Waals surface area (Å²) in [4.78, 5) is 39.1. The highest BCUT2D eigenvalue weighted by Crippen LogP contribution is 2.29. The van der Waals surface area contributed by atoms with Crippen LogP contribution in [0.2, 0.25) is 0 Å². The Hall–Kier alpha value is -3.27. The summed E-state index contributed by atoms with van der Waals surface area (Å²) in [7, 11) is 0. The van der Waals surface area contributed by atoms with Gasteiger partial charge < -0.3 is 24.6 Å². The normalized spacial score (nSPS) is 20.4. The number of amides is 2. The van der Waals surface area contributed by atoms with Crippen molar-refractivity contribution in [3.63, 3.8) is 0 Å². The van der Waals surface area contributed by atoms with Crippen molar-refractivity contribution in [2.75, 3.05) is 6.61 Å². The SMILES string of the molecule is CC1COC2Cn3cc(C(=O)NCc4ccc(F)cc4F)c(=O)c(O)c3C(=O)N12. The molecule has 2 amide bonds. The van der Waals surface area contributed by atoms with E-state index in [1.807, 2.05) is 0 Å². The zero-order valence-corrected chi connectivity index (χ0v) is 15.3. The molecule has 1 aromatic carbocycles. The first kappa shape index (κ1) is 19.1. The van der Waals surface area contributed by atoms with Crippen molar-refractivity contribution in [1.29, 1.82) is 0 Å². The quantitative estimate of drug-likeness (QED) is 0.792. The van der Waals surface area contributed by atoms with Crippen LogP contribution in [0.15, 0.2) is 29.2 Å². The highest BCUT2D eigenvalue weighted by atomic mass is 19.1. The fraction of sp³-hybridized carbons (Fsp3) is 0.316. The van der Waals surface area contributed by atoms with Crippen LogP contribution in [0.25, 0.3) is 0 Å². The molecule has 4 rings (SSSR count). The Bertz CT molecular complexity index is 1080. The van der Waals surface area contributed by atoms with Crippen molar-refractivity contribution in [2.24, 2.45) is 0 Å². The lowest BCUT2D eigenvalue weighted by molar-refractivity contribution is 0.00624. The number of hydrogen-bond acceptors (Lipinski definition) is 5. The van der Waals surface area contributed by atoms with E-state index in [4.69, 9.17) is 4.74 Å². The fourth-order valence-corrected chi connectivity index (χ4v) is 3.57. The maximum absolute atomic E-state index is 13.7. The summed E-state index contributed by atoms with van der Waals surface area (Å²) in [6.45, 7) is 1.97.